The molecule has 158 valence electrons. The summed E-state index contributed by atoms with van der Waals surface area (Å²) in [5.74, 6) is 0. The van der Waals surface area contributed by atoms with Gasteiger partial charge in [-0.25, -0.2) is 0 Å². The van der Waals surface area contributed by atoms with Gasteiger partial charge < -0.3 is 4.90 Å². The zero-order chi connectivity index (χ0) is 22.3. The first-order valence-corrected chi connectivity index (χ1v) is 11.0. The largest absolute Gasteiger partial charge is 0.310 e. The van der Waals surface area contributed by atoms with E-state index < -0.39 is 0 Å². The summed E-state index contributed by atoms with van der Waals surface area (Å²) in [4.78, 5) is 2.33. The Morgan fingerprint density at radius 3 is 1.66 bits per heavy atom. The molecule has 4 aromatic carbocycles. The van der Waals surface area contributed by atoms with Gasteiger partial charge in [0, 0.05) is 17.1 Å². The Labute approximate surface area is 192 Å². The van der Waals surface area contributed by atoms with E-state index in [1.165, 1.54) is 33.5 Å². The highest BCUT2D eigenvalue weighted by molar-refractivity contribution is 5.79. The second-order valence-electron chi connectivity index (χ2n) is 8.18. The van der Waals surface area contributed by atoms with Gasteiger partial charge in [0.25, 0.3) is 0 Å². The maximum absolute atomic E-state index is 2.33. The lowest BCUT2D eigenvalue weighted by Crippen LogP contribution is -2.11. The molecule has 0 amide bonds. The van der Waals surface area contributed by atoms with E-state index in [1.54, 1.807) is 0 Å². The Hall–Kier alpha value is -3.84. The van der Waals surface area contributed by atoms with E-state index in [-0.39, 0.29) is 0 Å². The molecule has 32 heavy (non-hydrogen) atoms. The van der Waals surface area contributed by atoms with Crippen LogP contribution >= 0.6 is 0 Å². The molecule has 4 aromatic rings. The molecule has 4 rings (SSSR count). The fourth-order valence-corrected chi connectivity index (χ4v) is 3.81. The van der Waals surface area contributed by atoms with Crippen molar-refractivity contribution in [3.8, 4) is 0 Å². The number of rotatable bonds is 6. The van der Waals surface area contributed by atoms with Gasteiger partial charge in [0.05, 0.1) is 0 Å². The summed E-state index contributed by atoms with van der Waals surface area (Å²) < 4.78 is 0. The molecule has 0 aliphatic carbocycles. The van der Waals surface area contributed by atoms with Gasteiger partial charge in [-0.3, -0.25) is 0 Å². The zero-order valence-corrected chi connectivity index (χ0v) is 19.0. The first-order valence-electron chi connectivity index (χ1n) is 11.0. The second-order valence-corrected chi connectivity index (χ2v) is 8.18. The molecule has 1 nitrogen and oxygen atoms in total. The minimum Gasteiger partial charge on any atom is -0.310 e. The minimum atomic E-state index is 1.15. The molecule has 0 fully saturated rings. The van der Waals surface area contributed by atoms with E-state index in [4.69, 9.17) is 0 Å². The minimum absolute atomic E-state index is 1.15. The number of nitrogens with zero attached hydrogens (tertiary/aromatic N) is 1. The molecular formula is C31H29N. The van der Waals surface area contributed by atoms with E-state index in [0.717, 1.165) is 11.4 Å². The molecule has 0 heterocycles. The van der Waals surface area contributed by atoms with Crippen LogP contribution in [0.5, 0.6) is 0 Å². The van der Waals surface area contributed by atoms with E-state index in [0.29, 0.717) is 0 Å². The predicted octanol–water partition coefficient (Wildman–Crippen LogP) is 8.81. The van der Waals surface area contributed by atoms with Crippen LogP contribution in [0, 0.1) is 20.8 Å². The quantitative estimate of drug-likeness (QED) is 0.284. The third-order valence-corrected chi connectivity index (χ3v) is 5.52. The number of aryl methyl sites for hydroxylation is 3. The standard InChI is InChI=1S/C31H29N/c1-24-13-18-29(19-14-24)32(31-22-15-25(2)23-26(31)3)30-20-16-28(17-21-30)12-8-7-11-27-9-5-4-6-10-27/h4-23H,1-3H3/b11-7+,12-8+. The third-order valence-electron chi connectivity index (χ3n) is 5.52. The van der Waals surface area contributed by atoms with Gasteiger partial charge >= 0.3 is 0 Å². The number of benzene rings is 4. The van der Waals surface area contributed by atoms with Crippen LogP contribution in [0.1, 0.15) is 27.8 Å². The lowest BCUT2D eigenvalue weighted by Gasteiger charge is -2.27. The summed E-state index contributed by atoms with van der Waals surface area (Å²) in [5, 5.41) is 0. The van der Waals surface area contributed by atoms with Crippen LogP contribution < -0.4 is 4.90 Å². The van der Waals surface area contributed by atoms with Crippen molar-refractivity contribution in [3.05, 3.63) is 137 Å². The van der Waals surface area contributed by atoms with Gasteiger partial charge in [-0.05, 0) is 67.8 Å². The Bertz CT molecular complexity index is 1210. The first kappa shape index (κ1) is 21.4. The molecule has 0 bridgehead atoms. The van der Waals surface area contributed by atoms with Gasteiger partial charge in [0.2, 0.25) is 0 Å². The molecule has 0 unspecified atom stereocenters. The molecule has 0 aliphatic rings. The molecular weight excluding hydrogens is 386 g/mol. The first-order chi connectivity index (χ1) is 15.6. The zero-order valence-electron chi connectivity index (χ0n) is 19.0. The summed E-state index contributed by atoms with van der Waals surface area (Å²) in [5.41, 5.74) is 9.70. The van der Waals surface area contributed by atoms with Crippen molar-refractivity contribution in [2.45, 2.75) is 20.8 Å². The van der Waals surface area contributed by atoms with Crippen molar-refractivity contribution in [2.24, 2.45) is 0 Å². The Morgan fingerprint density at radius 2 is 1.06 bits per heavy atom. The molecule has 0 saturated carbocycles. The third kappa shape index (κ3) is 5.25. The van der Waals surface area contributed by atoms with Crippen LogP contribution in [0.3, 0.4) is 0 Å². The summed E-state index contributed by atoms with van der Waals surface area (Å²) >= 11 is 0. The van der Waals surface area contributed by atoms with Crippen molar-refractivity contribution in [1.29, 1.82) is 0 Å². The second kappa shape index (κ2) is 9.98. The molecule has 0 atom stereocenters. The van der Waals surface area contributed by atoms with E-state index in [2.05, 4.69) is 141 Å². The van der Waals surface area contributed by atoms with Gasteiger partial charge in [-0.15, -0.1) is 0 Å². The normalized spacial score (nSPS) is 11.3. The number of allylic oxidation sites excluding steroid dienone is 2. The highest BCUT2D eigenvalue weighted by Crippen LogP contribution is 2.36. The van der Waals surface area contributed by atoms with Crippen molar-refractivity contribution in [3.63, 3.8) is 0 Å². The van der Waals surface area contributed by atoms with Gasteiger partial charge in [0.1, 0.15) is 0 Å². The van der Waals surface area contributed by atoms with Gasteiger partial charge in [0.15, 0.2) is 0 Å². The summed E-state index contributed by atoms with van der Waals surface area (Å²) in [6.45, 7) is 6.44. The Morgan fingerprint density at radius 1 is 0.531 bits per heavy atom. The molecule has 0 radical (unpaired) electrons. The van der Waals surface area contributed by atoms with Crippen LogP contribution in [0.15, 0.2) is 109 Å². The Balaban J connectivity index is 1.61. The van der Waals surface area contributed by atoms with Crippen LogP contribution in [0.2, 0.25) is 0 Å². The summed E-state index contributed by atoms with van der Waals surface area (Å²) in [7, 11) is 0. The molecule has 0 aromatic heterocycles. The SMILES string of the molecule is Cc1ccc(N(c2ccc(/C=C/C=C/c3ccccc3)cc2)c2ccc(C)cc2C)cc1. The molecule has 0 N–H and O–H groups in total. The average Bonchev–Trinajstić information content (AvgIpc) is 2.81. The lowest BCUT2D eigenvalue weighted by atomic mass is 10.1. The van der Waals surface area contributed by atoms with E-state index in [1.807, 2.05) is 6.07 Å². The fraction of sp³-hybridized carbons (Fsp3) is 0.0968. The van der Waals surface area contributed by atoms with Crippen molar-refractivity contribution in [2.75, 3.05) is 4.90 Å². The molecule has 0 spiro atoms. The highest BCUT2D eigenvalue weighted by Gasteiger charge is 2.14. The predicted molar refractivity (Wildman–Crippen MR) is 140 cm³/mol. The summed E-state index contributed by atoms with van der Waals surface area (Å²) in [6, 6.07) is 34.4. The van der Waals surface area contributed by atoms with Gasteiger partial charge in [-0.1, -0.05) is 102 Å². The fourth-order valence-electron chi connectivity index (χ4n) is 3.81. The van der Waals surface area contributed by atoms with Crippen molar-refractivity contribution in [1.82, 2.24) is 0 Å². The van der Waals surface area contributed by atoms with E-state index >= 15 is 0 Å². The van der Waals surface area contributed by atoms with Crippen LogP contribution in [-0.2, 0) is 0 Å². The van der Waals surface area contributed by atoms with Crippen LogP contribution in [-0.4, -0.2) is 0 Å². The maximum atomic E-state index is 2.33. The smallest absolute Gasteiger partial charge is 0.0490 e. The lowest BCUT2D eigenvalue weighted by molar-refractivity contribution is 1.23. The average molecular weight is 416 g/mol. The topological polar surface area (TPSA) is 3.24 Å². The number of anilines is 3. The molecule has 0 aliphatic heterocycles. The maximum Gasteiger partial charge on any atom is 0.0490 e. The summed E-state index contributed by atoms with van der Waals surface area (Å²) in [6.07, 6.45) is 8.42. The monoisotopic (exact) mass is 415 g/mol. The highest BCUT2D eigenvalue weighted by atomic mass is 15.1. The van der Waals surface area contributed by atoms with Crippen LogP contribution in [0.25, 0.3) is 12.2 Å². The van der Waals surface area contributed by atoms with E-state index in [9.17, 15) is 0 Å². The van der Waals surface area contributed by atoms with Crippen molar-refractivity contribution >= 4 is 29.2 Å². The van der Waals surface area contributed by atoms with Crippen LogP contribution in [0.4, 0.5) is 17.1 Å². The number of hydrogen-bond acceptors (Lipinski definition) is 1. The number of hydrogen-bond donors (Lipinski definition) is 0. The Kier molecular flexibility index (Phi) is 6.67. The molecule has 0 saturated heterocycles. The van der Waals surface area contributed by atoms with Gasteiger partial charge in [-0.2, -0.15) is 0 Å². The van der Waals surface area contributed by atoms with Crippen molar-refractivity contribution < 1.29 is 0 Å². The molecule has 1 heteroatoms.